The molecule has 1 rings (SSSR count). The van der Waals surface area contributed by atoms with Crippen molar-refractivity contribution >= 4 is 0 Å². The number of hydrogen-bond acceptors (Lipinski definition) is 1. The van der Waals surface area contributed by atoms with E-state index in [4.69, 9.17) is 0 Å². The molecule has 0 atom stereocenters. The second kappa shape index (κ2) is 2.28. The summed E-state index contributed by atoms with van der Waals surface area (Å²) >= 11 is 0. The Labute approximate surface area is 44.1 Å². The third-order valence-corrected chi connectivity index (χ3v) is 1.64. The van der Waals surface area contributed by atoms with E-state index >= 15 is 0 Å². The molecule has 2 nitrogen and oxygen atoms in total. The second-order valence-electron chi connectivity index (χ2n) is 2.19. The fraction of sp³-hybridized carbons (Fsp3) is 1.00. The van der Waals surface area contributed by atoms with Crippen LogP contribution in [0.2, 0.25) is 0 Å². The van der Waals surface area contributed by atoms with Gasteiger partial charge in [0, 0.05) is 0 Å². The van der Waals surface area contributed by atoms with Gasteiger partial charge in [0.1, 0.15) is 0 Å². The smallest absolute Gasteiger partial charge is 0.0554 e. The van der Waals surface area contributed by atoms with Gasteiger partial charge in [0.05, 0.1) is 6.04 Å². The Kier molecular flexibility index (Phi) is 1.65. The molecule has 0 aromatic heterocycles. The van der Waals surface area contributed by atoms with Gasteiger partial charge in [-0.1, -0.05) is 12.8 Å². The first-order chi connectivity index (χ1) is 3.43. The van der Waals surface area contributed by atoms with Crippen molar-refractivity contribution in [3.05, 3.63) is 0 Å². The average molecular weight is 101 g/mol. The molecule has 0 amide bonds. The Morgan fingerprint density at radius 1 is 1.29 bits per heavy atom. The third kappa shape index (κ3) is 1.14. The van der Waals surface area contributed by atoms with Gasteiger partial charge in [-0.25, -0.2) is 0 Å². The minimum absolute atomic E-state index is 0.736. The van der Waals surface area contributed by atoms with Crippen LogP contribution in [0.5, 0.6) is 0 Å². The van der Waals surface area contributed by atoms with Gasteiger partial charge in [0.15, 0.2) is 0 Å². The molecule has 1 aliphatic carbocycles. The van der Waals surface area contributed by atoms with Crippen LogP contribution in [-0.2, 0) is 0 Å². The molecule has 1 aliphatic rings. The standard InChI is InChI=1S/C5H12N2/c6-7-5-3-1-2-4-5/h5,7H,1-4,6H2/p+1. The zero-order valence-corrected chi connectivity index (χ0v) is 4.61. The van der Waals surface area contributed by atoms with Crippen LogP contribution >= 0.6 is 0 Å². The highest BCUT2D eigenvalue weighted by molar-refractivity contribution is 4.68. The average Bonchev–Trinajstić information content (AvgIpc) is 2.14. The van der Waals surface area contributed by atoms with Crippen LogP contribution in [0.15, 0.2) is 0 Å². The Morgan fingerprint density at radius 3 is 2.14 bits per heavy atom. The Bertz CT molecular complexity index is 48.0. The monoisotopic (exact) mass is 101 g/mol. The first kappa shape index (κ1) is 5.06. The number of nitrogens with one attached hydrogen (secondary N) is 1. The maximum Gasteiger partial charge on any atom is 0.0554 e. The van der Waals surface area contributed by atoms with Gasteiger partial charge in [-0.3, -0.25) is 5.84 Å². The van der Waals surface area contributed by atoms with Crippen molar-refractivity contribution in [2.45, 2.75) is 31.7 Å². The third-order valence-electron chi connectivity index (χ3n) is 1.64. The van der Waals surface area contributed by atoms with E-state index in [1.165, 1.54) is 25.7 Å². The summed E-state index contributed by atoms with van der Waals surface area (Å²) in [4.78, 5) is 0. The molecule has 0 bridgehead atoms. The van der Waals surface area contributed by atoms with E-state index in [1.54, 1.807) is 0 Å². The molecule has 0 saturated heterocycles. The molecule has 0 heterocycles. The van der Waals surface area contributed by atoms with Crippen LogP contribution < -0.4 is 11.3 Å². The molecule has 0 spiro atoms. The van der Waals surface area contributed by atoms with Crippen LogP contribution in [0.1, 0.15) is 25.7 Å². The predicted octanol–water partition coefficient (Wildman–Crippen LogP) is -0.325. The van der Waals surface area contributed by atoms with Crippen molar-refractivity contribution in [1.29, 1.82) is 0 Å². The van der Waals surface area contributed by atoms with Crippen LogP contribution in [0.4, 0.5) is 0 Å². The Balaban J connectivity index is 2.14. The van der Waals surface area contributed by atoms with Crippen molar-refractivity contribution in [3.63, 3.8) is 0 Å². The summed E-state index contributed by atoms with van der Waals surface area (Å²) in [6.07, 6.45) is 5.47. The summed E-state index contributed by atoms with van der Waals surface area (Å²) in [5.41, 5.74) is 3.01. The lowest BCUT2D eigenvalue weighted by atomic mass is 10.3. The summed E-state index contributed by atoms with van der Waals surface area (Å²) in [5, 5.41) is 0. The summed E-state index contributed by atoms with van der Waals surface area (Å²) in [6.45, 7) is 0. The van der Waals surface area contributed by atoms with E-state index in [2.05, 4.69) is 11.3 Å². The molecule has 0 radical (unpaired) electrons. The largest absolute Gasteiger partial charge is 0.280 e. The van der Waals surface area contributed by atoms with Crippen LogP contribution in [0.25, 0.3) is 0 Å². The van der Waals surface area contributed by atoms with Gasteiger partial charge < -0.3 is 0 Å². The Morgan fingerprint density at radius 2 is 1.86 bits per heavy atom. The molecule has 4 N–H and O–H groups in total. The molecule has 0 aliphatic heterocycles. The zero-order chi connectivity index (χ0) is 5.11. The van der Waals surface area contributed by atoms with Gasteiger partial charge in [-0.05, 0) is 12.8 Å². The van der Waals surface area contributed by atoms with Crippen molar-refractivity contribution in [2.24, 2.45) is 0 Å². The highest BCUT2D eigenvalue weighted by atomic mass is 15.2. The van der Waals surface area contributed by atoms with Gasteiger partial charge in [-0.15, -0.1) is 0 Å². The summed E-state index contributed by atoms with van der Waals surface area (Å²) in [7, 11) is 0. The molecule has 1 saturated carbocycles. The van der Waals surface area contributed by atoms with Crippen molar-refractivity contribution in [2.75, 3.05) is 0 Å². The summed E-state index contributed by atoms with van der Waals surface area (Å²) < 4.78 is 0. The molecule has 0 aromatic rings. The highest BCUT2D eigenvalue weighted by Crippen LogP contribution is 2.15. The maximum absolute atomic E-state index is 3.62. The zero-order valence-electron chi connectivity index (χ0n) is 4.61. The maximum atomic E-state index is 3.62. The molecule has 42 valence electrons. The molecule has 0 aromatic carbocycles. The molecule has 1 fully saturated rings. The van der Waals surface area contributed by atoms with Crippen LogP contribution in [0, 0.1) is 0 Å². The van der Waals surface area contributed by atoms with E-state index < -0.39 is 0 Å². The second-order valence-corrected chi connectivity index (χ2v) is 2.19. The van der Waals surface area contributed by atoms with Gasteiger partial charge >= 0.3 is 0 Å². The highest BCUT2D eigenvalue weighted by Gasteiger charge is 2.13. The van der Waals surface area contributed by atoms with Crippen LogP contribution in [0.3, 0.4) is 0 Å². The minimum Gasteiger partial charge on any atom is -0.280 e. The summed E-state index contributed by atoms with van der Waals surface area (Å²) in [5.74, 6) is 3.62. The minimum atomic E-state index is 0.736. The summed E-state index contributed by atoms with van der Waals surface area (Å²) in [6, 6.07) is 0.736. The van der Waals surface area contributed by atoms with E-state index in [1.807, 2.05) is 0 Å². The SMILES string of the molecule is [NH3+]NC1CCCC1. The molecule has 7 heavy (non-hydrogen) atoms. The van der Waals surface area contributed by atoms with E-state index in [9.17, 15) is 0 Å². The Hall–Kier alpha value is -0.0800. The van der Waals surface area contributed by atoms with Crippen LogP contribution in [-0.4, -0.2) is 6.04 Å². The van der Waals surface area contributed by atoms with Crippen molar-refractivity contribution in [3.8, 4) is 0 Å². The number of hydrogen-bond donors (Lipinski definition) is 2. The lowest BCUT2D eigenvalue weighted by Gasteiger charge is -1.99. The fourth-order valence-corrected chi connectivity index (χ4v) is 1.13. The first-order valence-corrected chi connectivity index (χ1v) is 2.96. The number of rotatable bonds is 1. The van der Waals surface area contributed by atoms with Crippen molar-refractivity contribution in [1.82, 2.24) is 5.43 Å². The molecule has 0 unspecified atom stereocenters. The molecule has 2 heteroatoms. The van der Waals surface area contributed by atoms with Gasteiger partial charge in [-0.2, -0.15) is 5.43 Å². The van der Waals surface area contributed by atoms with Gasteiger partial charge in [0.25, 0.3) is 0 Å². The normalized spacial score (nSPS) is 23.6. The van der Waals surface area contributed by atoms with Gasteiger partial charge in [0.2, 0.25) is 0 Å². The molecular formula is C5H13N2+. The van der Waals surface area contributed by atoms with E-state index in [0.29, 0.717) is 0 Å². The quantitative estimate of drug-likeness (QED) is 0.436. The molecular weight excluding hydrogens is 88.1 g/mol. The first-order valence-electron chi connectivity index (χ1n) is 2.96. The van der Waals surface area contributed by atoms with E-state index in [-0.39, 0.29) is 0 Å². The topological polar surface area (TPSA) is 39.7 Å². The predicted molar refractivity (Wildman–Crippen MR) is 28.3 cm³/mol. The lowest BCUT2D eigenvalue weighted by molar-refractivity contribution is -0.451. The van der Waals surface area contributed by atoms with Crippen molar-refractivity contribution < 1.29 is 5.84 Å². The number of quaternary nitrogens is 1. The van der Waals surface area contributed by atoms with E-state index in [0.717, 1.165) is 6.04 Å². The fourth-order valence-electron chi connectivity index (χ4n) is 1.13. The lowest BCUT2D eigenvalue weighted by Crippen LogP contribution is -2.68.